The molecular weight excluding hydrogens is 322 g/mol. The summed E-state index contributed by atoms with van der Waals surface area (Å²) in [4.78, 5) is 0. The molecule has 0 aromatic rings. The highest BCUT2D eigenvalue weighted by molar-refractivity contribution is 9.09. The maximum absolute atomic E-state index is 9.10. The van der Waals surface area contributed by atoms with Crippen LogP contribution in [0.4, 0.5) is 0 Å². The summed E-state index contributed by atoms with van der Waals surface area (Å²) in [6.45, 7) is 6.31. The van der Waals surface area contributed by atoms with Crippen molar-refractivity contribution in [3.05, 3.63) is 0 Å². The Labute approximate surface area is 124 Å². The van der Waals surface area contributed by atoms with Crippen molar-refractivity contribution in [2.45, 2.75) is 63.7 Å². The highest BCUT2D eigenvalue weighted by Crippen LogP contribution is 2.19. The molecule has 4 nitrogen and oxygen atoms in total. The Kier molecular flexibility index (Phi) is 12.2. The molecular formula is C11H24BBrClO4. The quantitative estimate of drug-likeness (QED) is 0.375. The lowest BCUT2D eigenvalue weighted by atomic mass is 9.90. The van der Waals surface area contributed by atoms with Crippen molar-refractivity contribution in [2.75, 3.05) is 5.33 Å². The van der Waals surface area contributed by atoms with Crippen LogP contribution < -0.4 is 0 Å². The molecule has 0 aliphatic heterocycles. The summed E-state index contributed by atoms with van der Waals surface area (Å²) in [5.41, 5.74) is -2.40. The largest absolute Gasteiger partial charge is 0.486 e. The van der Waals surface area contributed by atoms with Gasteiger partial charge in [-0.3, -0.25) is 0 Å². The zero-order chi connectivity index (χ0) is 14.8. The molecule has 0 amide bonds. The molecule has 0 aromatic heterocycles. The van der Waals surface area contributed by atoms with Crippen LogP contribution in [0.25, 0.3) is 0 Å². The lowest BCUT2D eigenvalue weighted by Crippen LogP contribution is -2.44. The number of unbranched alkanes of at least 4 members (excludes halogenated alkanes) is 1. The van der Waals surface area contributed by atoms with Gasteiger partial charge in [0, 0.05) is 5.33 Å². The van der Waals surface area contributed by atoms with Gasteiger partial charge in [-0.05, 0) is 47.0 Å². The summed E-state index contributed by atoms with van der Waals surface area (Å²) in [5.74, 6) is 0. The Bertz CT molecular complexity index is 182. The van der Waals surface area contributed by atoms with Crippen LogP contribution in [0.3, 0.4) is 0 Å². The fourth-order valence-electron chi connectivity index (χ4n) is 0.533. The molecule has 0 spiro atoms. The second-order valence-electron chi connectivity index (χ2n) is 4.95. The van der Waals surface area contributed by atoms with Crippen molar-refractivity contribution in [2.24, 2.45) is 0 Å². The third kappa shape index (κ3) is 13.1. The molecule has 0 aromatic carbocycles. The molecule has 0 rings (SSSR count). The summed E-state index contributed by atoms with van der Waals surface area (Å²) in [6.07, 6.45) is 2.86. The Morgan fingerprint density at radius 2 is 1.61 bits per heavy atom. The van der Waals surface area contributed by atoms with Gasteiger partial charge in [0.1, 0.15) is 5.56 Å². The van der Waals surface area contributed by atoms with Crippen molar-refractivity contribution >= 4 is 35.2 Å². The Hall–Kier alpha value is 0.675. The van der Waals surface area contributed by atoms with E-state index in [0.717, 1.165) is 24.6 Å². The van der Waals surface area contributed by atoms with E-state index < -0.39 is 11.2 Å². The van der Waals surface area contributed by atoms with Gasteiger partial charge in [0.2, 0.25) is 0 Å². The zero-order valence-electron chi connectivity index (χ0n) is 11.5. The number of alkyl halides is 2. The third-order valence-corrected chi connectivity index (χ3v) is 3.40. The van der Waals surface area contributed by atoms with Gasteiger partial charge in [0.15, 0.2) is 0 Å². The number of hydrogen-bond donors (Lipinski definition) is 3. The molecule has 0 fully saturated rings. The molecule has 18 heavy (non-hydrogen) atoms. The molecule has 7 heteroatoms. The van der Waals surface area contributed by atoms with Crippen LogP contribution in [-0.4, -0.2) is 45.0 Å². The molecule has 0 bridgehead atoms. The van der Waals surface area contributed by atoms with Crippen LogP contribution in [0.1, 0.15) is 47.0 Å². The smallest absolute Gasteiger partial charge is 0.429 e. The van der Waals surface area contributed by atoms with Gasteiger partial charge in [-0.25, -0.2) is 0 Å². The number of rotatable bonds is 7. The van der Waals surface area contributed by atoms with Crippen molar-refractivity contribution in [3.8, 4) is 0 Å². The van der Waals surface area contributed by atoms with Gasteiger partial charge >= 0.3 is 7.69 Å². The predicted molar refractivity (Wildman–Crippen MR) is 78.9 cm³/mol. The van der Waals surface area contributed by atoms with E-state index in [1.54, 1.807) is 27.7 Å². The van der Waals surface area contributed by atoms with E-state index in [4.69, 9.17) is 26.8 Å². The summed E-state index contributed by atoms with van der Waals surface area (Å²) in [7, 11) is 0.631. The van der Waals surface area contributed by atoms with Crippen molar-refractivity contribution < 1.29 is 19.9 Å². The second-order valence-corrected chi connectivity index (χ2v) is 6.23. The highest BCUT2D eigenvalue weighted by atomic mass is 79.9. The minimum absolute atomic E-state index is 0.385. The molecule has 1 unspecified atom stereocenters. The lowest BCUT2D eigenvalue weighted by molar-refractivity contribution is -0.107. The van der Waals surface area contributed by atoms with Gasteiger partial charge < -0.3 is 19.9 Å². The van der Waals surface area contributed by atoms with E-state index in [2.05, 4.69) is 20.6 Å². The van der Waals surface area contributed by atoms with Crippen molar-refractivity contribution in [3.63, 3.8) is 0 Å². The second kappa shape index (κ2) is 10.5. The number of aliphatic hydroxyl groups is 2. The van der Waals surface area contributed by atoms with E-state index in [0.29, 0.717) is 7.69 Å². The van der Waals surface area contributed by atoms with Crippen LogP contribution in [0.5, 0.6) is 0 Å². The molecule has 0 aliphatic rings. The molecule has 0 aliphatic carbocycles. The Morgan fingerprint density at radius 1 is 1.17 bits per heavy atom. The monoisotopic (exact) mass is 345 g/mol. The minimum atomic E-state index is -1.01. The van der Waals surface area contributed by atoms with E-state index in [1.165, 1.54) is 0 Å². The fraction of sp³-hybridized carbons (Fsp3) is 1.00. The van der Waals surface area contributed by atoms with Crippen LogP contribution >= 0.6 is 27.5 Å². The maximum Gasteiger partial charge on any atom is 0.486 e. The third-order valence-electron chi connectivity index (χ3n) is 2.52. The van der Waals surface area contributed by atoms with E-state index in [1.807, 2.05) is 0 Å². The van der Waals surface area contributed by atoms with Crippen molar-refractivity contribution in [1.29, 1.82) is 0 Å². The average Bonchev–Trinajstić information content (AvgIpc) is 2.16. The van der Waals surface area contributed by atoms with Crippen LogP contribution in [0, 0.1) is 0 Å². The average molecular weight is 346 g/mol. The maximum atomic E-state index is 9.10. The standard InChI is InChI=1S/C6H14O2.C5H10BBrClO2/c1-5(2,7)6(3,4)8;7-4-2-1-3-5(8)10-6-9/h7-8H,1-4H3;5,9H,1-4H2. The van der Waals surface area contributed by atoms with Crippen LogP contribution in [-0.2, 0) is 4.65 Å². The number of hydrogen-bond acceptors (Lipinski definition) is 4. The van der Waals surface area contributed by atoms with E-state index >= 15 is 0 Å². The Balaban J connectivity index is 0. The highest BCUT2D eigenvalue weighted by Gasteiger charge is 2.31. The predicted octanol–water partition coefficient (Wildman–Crippen LogP) is 2.19. The molecule has 1 atom stereocenters. The molecule has 109 valence electrons. The molecule has 0 saturated heterocycles. The van der Waals surface area contributed by atoms with E-state index in [-0.39, 0.29) is 5.56 Å². The fourth-order valence-corrected chi connectivity index (χ4v) is 1.13. The van der Waals surface area contributed by atoms with Crippen LogP contribution in [0.2, 0.25) is 0 Å². The first-order valence-corrected chi connectivity index (χ1v) is 7.38. The molecule has 1 radical (unpaired) electrons. The molecule has 0 saturated carbocycles. The van der Waals surface area contributed by atoms with Crippen LogP contribution in [0.15, 0.2) is 0 Å². The summed E-state index contributed by atoms with van der Waals surface area (Å²) >= 11 is 8.89. The van der Waals surface area contributed by atoms with Crippen molar-refractivity contribution in [1.82, 2.24) is 0 Å². The first kappa shape index (κ1) is 21.0. The normalized spacial score (nSPS) is 13.6. The summed E-state index contributed by atoms with van der Waals surface area (Å²) in [6, 6.07) is 0. The SMILES string of the molecule is CC(C)(O)C(C)(C)O.O[B]OC(Cl)CCCCBr. The van der Waals surface area contributed by atoms with Gasteiger partial charge in [-0.2, -0.15) is 0 Å². The molecule has 3 N–H and O–H groups in total. The lowest BCUT2D eigenvalue weighted by Gasteiger charge is -2.31. The number of halogens is 2. The minimum Gasteiger partial charge on any atom is -0.429 e. The van der Waals surface area contributed by atoms with Gasteiger partial charge in [-0.15, -0.1) is 0 Å². The van der Waals surface area contributed by atoms with Gasteiger partial charge in [0.25, 0.3) is 0 Å². The topological polar surface area (TPSA) is 69.9 Å². The van der Waals surface area contributed by atoms with E-state index in [9.17, 15) is 0 Å². The first-order chi connectivity index (χ1) is 8.06. The van der Waals surface area contributed by atoms with Gasteiger partial charge in [-0.1, -0.05) is 27.5 Å². The summed E-state index contributed by atoms with van der Waals surface area (Å²) < 4.78 is 4.57. The summed E-state index contributed by atoms with van der Waals surface area (Å²) in [5, 5.41) is 27.3. The zero-order valence-corrected chi connectivity index (χ0v) is 13.8. The Morgan fingerprint density at radius 3 is 1.89 bits per heavy atom. The molecule has 0 heterocycles. The van der Waals surface area contributed by atoms with Gasteiger partial charge in [0.05, 0.1) is 11.2 Å². The first-order valence-electron chi connectivity index (χ1n) is 5.82.